The molecular weight excluding hydrogens is 242 g/mol. The molecule has 0 saturated heterocycles. The van der Waals surface area contributed by atoms with Gasteiger partial charge >= 0.3 is 0 Å². The van der Waals surface area contributed by atoms with Gasteiger partial charge in [-0.25, -0.2) is 0 Å². The van der Waals surface area contributed by atoms with E-state index in [4.69, 9.17) is 5.26 Å². The minimum Gasteiger partial charge on any atom is -0.345 e. The number of nitrogens with zero attached hydrogens (tertiary/aromatic N) is 3. The molecule has 1 heterocycles. The standard InChI is InChI=1S/C13H17N5O/c1-13(2,3)11(8-19)18-12(16-9-14)17-10-4-6-15-7-5-10/h4-8,11H,1-3H3,(H2,15,16,17,18). The second-order valence-electron chi connectivity index (χ2n) is 5.05. The number of hydrogen-bond acceptors (Lipinski definition) is 4. The molecular formula is C13H17N5O. The molecule has 0 spiro atoms. The first-order valence-corrected chi connectivity index (χ1v) is 5.83. The van der Waals surface area contributed by atoms with E-state index in [1.807, 2.05) is 20.8 Å². The molecule has 0 saturated carbocycles. The average molecular weight is 259 g/mol. The molecule has 0 amide bonds. The summed E-state index contributed by atoms with van der Waals surface area (Å²) in [5, 5.41) is 14.5. The van der Waals surface area contributed by atoms with Gasteiger partial charge in [0.25, 0.3) is 0 Å². The van der Waals surface area contributed by atoms with E-state index in [9.17, 15) is 4.79 Å². The predicted octanol–water partition coefficient (Wildman–Crippen LogP) is 1.53. The van der Waals surface area contributed by atoms with Crippen LogP contribution in [0.1, 0.15) is 20.8 Å². The SMILES string of the molecule is CC(C)(C)C(C=O)N/C(=N\C#N)Nc1ccncc1. The van der Waals surface area contributed by atoms with Gasteiger partial charge in [0.05, 0.1) is 6.04 Å². The van der Waals surface area contributed by atoms with Crippen LogP contribution in [0.5, 0.6) is 0 Å². The Morgan fingerprint density at radius 2 is 2.11 bits per heavy atom. The lowest BCUT2D eigenvalue weighted by Crippen LogP contribution is -2.47. The van der Waals surface area contributed by atoms with E-state index in [1.54, 1.807) is 30.7 Å². The van der Waals surface area contributed by atoms with Crippen molar-refractivity contribution in [2.45, 2.75) is 26.8 Å². The lowest BCUT2D eigenvalue weighted by Gasteiger charge is -2.27. The molecule has 19 heavy (non-hydrogen) atoms. The second kappa shape index (κ2) is 6.50. The number of aromatic nitrogens is 1. The summed E-state index contributed by atoms with van der Waals surface area (Å²) in [6.45, 7) is 5.78. The van der Waals surface area contributed by atoms with Crippen LogP contribution in [0.2, 0.25) is 0 Å². The van der Waals surface area contributed by atoms with Gasteiger partial charge in [0.15, 0.2) is 0 Å². The lowest BCUT2D eigenvalue weighted by atomic mass is 9.88. The first kappa shape index (κ1) is 14.6. The van der Waals surface area contributed by atoms with E-state index in [0.29, 0.717) is 0 Å². The van der Waals surface area contributed by atoms with Gasteiger partial charge in [0.2, 0.25) is 12.2 Å². The van der Waals surface area contributed by atoms with E-state index in [2.05, 4.69) is 20.6 Å². The maximum absolute atomic E-state index is 11.1. The zero-order chi connectivity index (χ0) is 14.3. The second-order valence-corrected chi connectivity index (χ2v) is 5.05. The van der Waals surface area contributed by atoms with Crippen LogP contribution < -0.4 is 10.6 Å². The maximum atomic E-state index is 11.1. The summed E-state index contributed by atoms with van der Waals surface area (Å²) in [6, 6.07) is 3.03. The molecule has 1 unspecified atom stereocenters. The summed E-state index contributed by atoms with van der Waals surface area (Å²) < 4.78 is 0. The van der Waals surface area contributed by atoms with Crippen LogP contribution in [0.4, 0.5) is 5.69 Å². The summed E-state index contributed by atoms with van der Waals surface area (Å²) in [6.07, 6.45) is 5.74. The van der Waals surface area contributed by atoms with Crippen molar-refractivity contribution in [2.75, 3.05) is 5.32 Å². The van der Waals surface area contributed by atoms with Gasteiger partial charge in [-0.05, 0) is 17.5 Å². The molecule has 0 aliphatic heterocycles. The number of nitrogens with one attached hydrogen (secondary N) is 2. The molecule has 6 heteroatoms. The Hall–Kier alpha value is -2.42. The van der Waals surface area contributed by atoms with Crippen LogP contribution in [0, 0.1) is 16.9 Å². The number of anilines is 1. The van der Waals surface area contributed by atoms with Gasteiger partial charge in [0.1, 0.15) is 6.29 Å². The summed E-state index contributed by atoms with van der Waals surface area (Å²) in [7, 11) is 0. The number of aliphatic imine (C=N–C) groups is 1. The Labute approximate surface area is 112 Å². The van der Waals surface area contributed by atoms with Gasteiger partial charge in [-0.3, -0.25) is 4.98 Å². The van der Waals surface area contributed by atoms with Crippen LogP contribution in [0.25, 0.3) is 0 Å². The van der Waals surface area contributed by atoms with Crippen molar-refractivity contribution < 1.29 is 4.79 Å². The number of pyridine rings is 1. The van der Waals surface area contributed by atoms with E-state index in [-0.39, 0.29) is 11.4 Å². The Balaban J connectivity index is 2.83. The Morgan fingerprint density at radius 1 is 1.47 bits per heavy atom. The first-order valence-electron chi connectivity index (χ1n) is 5.83. The molecule has 0 bridgehead atoms. The number of guanidine groups is 1. The summed E-state index contributed by atoms with van der Waals surface area (Å²) >= 11 is 0. The molecule has 1 aromatic rings. The number of aldehydes is 1. The summed E-state index contributed by atoms with van der Waals surface area (Å²) in [5.41, 5.74) is 0.452. The summed E-state index contributed by atoms with van der Waals surface area (Å²) in [5.74, 6) is 0.237. The van der Waals surface area contributed by atoms with Gasteiger partial charge in [-0.15, -0.1) is 4.99 Å². The highest BCUT2D eigenvalue weighted by atomic mass is 16.1. The fourth-order valence-electron chi connectivity index (χ4n) is 1.32. The predicted molar refractivity (Wildman–Crippen MR) is 73.4 cm³/mol. The van der Waals surface area contributed by atoms with Crippen molar-refractivity contribution in [3.8, 4) is 6.19 Å². The molecule has 0 fully saturated rings. The molecule has 0 aliphatic carbocycles. The Kier molecular flexibility index (Phi) is 5.01. The highest BCUT2D eigenvalue weighted by Crippen LogP contribution is 2.17. The molecule has 100 valence electrons. The van der Waals surface area contributed by atoms with Gasteiger partial charge < -0.3 is 15.4 Å². The number of hydrogen-bond donors (Lipinski definition) is 2. The van der Waals surface area contributed by atoms with Crippen molar-refractivity contribution in [1.82, 2.24) is 10.3 Å². The largest absolute Gasteiger partial charge is 0.345 e. The molecule has 0 aromatic carbocycles. The van der Waals surface area contributed by atoms with Gasteiger partial charge in [0, 0.05) is 18.1 Å². The molecule has 1 atom stereocenters. The van der Waals surface area contributed by atoms with Crippen molar-refractivity contribution in [1.29, 1.82) is 5.26 Å². The van der Waals surface area contributed by atoms with E-state index in [0.717, 1.165) is 12.0 Å². The van der Waals surface area contributed by atoms with Crippen LogP contribution >= 0.6 is 0 Å². The van der Waals surface area contributed by atoms with Crippen LogP contribution in [0.15, 0.2) is 29.5 Å². The van der Waals surface area contributed by atoms with Gasteiger partial charge in [-0.1, -0.05) is 20.8 Å². The van der Waals surface area contributed by atoms with Crippen molar-refractivity contribution in [3.05, 3.63) is 24.5 Å². The zero-order valence-electron chi connectivity index (χ0n) is 11.2. The van der Waals surface area contributed by atoms with Crippen LogP contribution in [0.3, 0.4) is 0 Å². The maximum Gasteiger partial charge on any atom is 0.212 e. The molecule has 0 aliphatic rings. The molecule has 1 rings (SSSR count). The zero-order valence-corrected chi connectivity index (χ0v) is 11.2. The number of carbonyl (C=O) groups is 1. The highest BCUT2D eigenvalue weighted by molar-refractivity contribution is 5.95. The number of nitriles is 1. The third kappa shape index (κ3) is 4.76. The Bertz CT molecular complexity index is 484. The van der Waals surface area contributed by atoms with Crippen LogP contribution in [-0.2, 0) is 4.79 Å². The van der Waals surface area contributed by atoms with Crippen LogP contribution in [-0.4, -0.2) is 23.3 Å². The lowest BCUT2D eigenvalue weighted by molar-refractivity contribution is -0.111. The molecule has 0 radical (unpaired) electrons. The molecule has 2 N–H and O–H groups in total. The fraction of sp³-hybridized carbons (Fsp3) is 0.385. The topological polar surface area (TPSA) is 90.2 Å². The van der Waals surface area contributed by atoms with E-state index in [1.165, 1.54) is 0 Å². The fourth-order valence-corrected chi connectivity index (χ4v) is 1.32. The highest BCUT2D eigenvalue weighted by Gasteiger charge is 2.25. The quantitative estimate of drug-likeness (QED) is 0.372. The Morgan fingerprint density at radius 3 is 2.58 bits per heavy atom. The third-order valence-electron chi connectivity index (χ3n) is 2.47. The molecule has 1 aromatic heterocycles. The minimum atomic E-state index is -0.450. The van der Waals surface area contributed by atoms with E-state index < -0.39 is 6.04 Å². The smallest absolute Gasteiger partial charge is 0.212 e. The monoisotopic (exact) mass is 259 g/mol. The normalized spacial score (nSPS) is 13.3. The van der Waals surface area contributed by atoms with Crippen molar-refractivity contribution >= 4 is 17.9 Å². The number of rotatable bonds is 3. The molecule has 6 nitrogen and oxygen atoms in total. The van der Waals surface area contributed by atoms with Crippen molar-refractivity contribution in [2.24, 2.45) is 10.4 Å². The first-order chi connectivity index (χ1) is 8.97. The summed E-state index contributed by atoms with van der Waals surface area (Å²) in [4.78, 5) is 18.6. The third-order valence-corrected chi connectivity index (χ3v) is 2.47. The van der Waals surface area contributed by atoms with Gasteiger partial charge in [-0.2, -0.15) is 5.26 Å². The number of carbonyl (C=O) groups excluding carboxylic acids is 1. The van der Waals surface area contributed by atoms with E-state index >= 15 is 0 Å². The van der Waals surface area contributed by atoms with Crippen molar-refractivity contribution in [3.63, 3.8) is 0 Å². The average Bonchev–Trinajstić information content (AvgIpc) is 2.35. The minimum absolute atomic E-state index is 0.237.